The molecule has 0 bridgehead atoms. The van der Waals surface area contributed by atoms with Crippen LogP contribution in [0.5, 0.6) is 0 Å². The fraction of sp³-hybridized carbons (Fsp3) is 0.476. The van der Waals surface area contributed by atoms with E-state index in [1.165, 1.54) is 7.11 Å². The van der Waals surface area contributed by atoms with Crippen LogP contribution in [0.3, 0.4) is 0 Å². The number of aromatic nitrogens is 1. The summed E-state index contributed by atoms with van der Waals surface area (Å²) in [5.74, 6) is 0.188. The minimum Gasteiger partial charge on any atom is -0.391 e. The molecular formula is C21H25N3O5. The zero-order chi connectivity index (χ0) is 20.6. The zero-order valence-electron chi connectivity index (χ0n) is 16.5. The Labute approximate surface area is 168 Å². The van der Waals surface area contributed by atoms with Crippen molar-refractivity contribution in [2.45, 2.75) is 18.9 Å². The fourth-order valence-electron chi connectivity index (χ4n) is 4.77. The normalized spacial score (nSPS) is 28.0. The summed E-state index contributed by atoms with van der Waals surface area (Å²) in [6.07, 6.45) is -0.662. The van der Waals surface area contributed by atoms with Gasteiger partial charge in [-0.25, -0.2) is 0 Å². The van der Waals surface area contributed by atoms with Crippen molar-refractivity contribution in [3.8, 4) is 0 Å². The van der Waals surface area contributed by atoms with Crippen LogP contribution in [-0.2, 0) is 9.53 Å². The number of aryl methyl sites for hydroxylation is 1. The molecule has 2 heterocycles. The van der Waals surface area contributed by atoms with E-state index in [4.69, 9.17) is 9.26 Å². The number of β-amino-alcohol motifs (C(OH)–C–C–N with tert-alkyl or cyclic N) is 1. The number of carbonyl (C=O) groups is 2. The van der Waals surface area contributed by atoms with Crippen LogP contribution in [0, 0.1) is 18.3 Å². The van der Waals surface area contributed by atoms with Gasteiger partial charge in [-0.15, -0.1) is 0 Å². The molecule has 29 heavy (non-hydrogen) atoms. The highest BCUT2D eigenvalue weighted by Crippen LogP contribution is 2.68. The van der Waals surface area contributed by atoms with Gasteiger partial charge < -0.3 is 24.6 Å². The predicted octanol–water partition coefficient (Wildman–Crippen LogP) is 0.962. The number of likely N-dealkylation sites (tertiary alicyclic amines) is 1. The van der Waals surface area contributed by atoms with Gasteiger partial charge >= 0.3 is 0 Å². The van der Waals surface area contributed by atoms with Crippen LogP contribution in [0.25, 0.3) is 0 Å². The Bertz CT molecular complexity index is 899. The third-order valence-corrected chi connectivity index (χ3v) is 6.16. The molecule has 8 nitrogen and oxygen atoms in total. The van der Waals surface area contributed by atoms with Gasteiger partial charge in [0, 0.05) is 38.2 Å². The standard InChI is InChI=1S/C21H25N3O5/c1-13-8-16(23-29-13)20(27)22-9-15-19(14-6-4-3-5-7-14)21(15)12-24(10-17(21)25)18(26)11-28-2/h3-8,15,17,19,25H,9-12H2,1-2H3,(H,22,27)/t15-,17-,19-,21-/m1/s1. The van der Waals surface area contributed by atoms with E-state index in [-0.39, 0.29) is 42.5 Å². The molecule has 8 heteroatoms. The number of aliphatic hydroxyl groups excluding tert-OH is 1. The SMILES string of the molecule is COCC(=O)N1C[C@@H](O)[C@@]2(C1)[C@H](CNC(=O)c1cc(C)on1)[C@H]2c1ccccc1. The summed E-state index contributed by atoms with van der Waals surface area (Å²) in [5, 5.41) is 17.6. The van der Waals surface area contributed by atoms with Crippen molar-refractivity contribution in [2.24, 2.45) is 11.3 Å². The van der Waals surface area contributed by atoms with Crippen LogP contribution in [-0.4, -0.2) is 66.4 Å². The molecule has 1 saturated heterocycles. The molecule has 1 aliphatic heterocycles. The highest BCUT2D eigenvalue weighted by Gasteiger charge is 2.71. The van der Waals surface area contributed by atoms with Crippen molar-refractivity contribution in [2.75, 3.05) is 33.4 Å². The molecule has 4 rings (SSSR count). The van der Waals surface area contributed by atoms with Crippen LogP contribution >= 0.6 is 0 Å². The van der Waals surface area contributed by atoms with E-state index < -0.39 is 11.5 Å². The number of nitrogens with zero attached hydrogens (tertiary/aromatic N) is 2. The monoisotopic (exact) mass is 399 g/mol. The van der Waals surface area contributed by atoms with Crippen molar-refractivity contribution in [1.82, 2.24) is 15.4 Å². The van der Waals surface area contributed by atoms with Crippen molar-refractivity contribution in [1.29, 1.82) is 0 Å². The van der Waals surface area contributed by atoms with E-state index >= 15 is 0 Å². The van der Waals surface area contributed by atoms with Gasteiger partial charge in [0.15, 0.2) is 5.69 Å². The second kappa shape index (κ2) is 7.61. The summed E-state index contributed by atoms with van der Waals surface area (Å²) < 4.78 is 9.93. The molecule has 0 unspecified atom stereocenters. The number of amides is 2. The lowest BCUT2D eigenvalue weighted by Crippen LogP contribution is -2.33. The van der Waals surface area contributed by atoms with Crippen LogP contribution < -0.4 is 5.32 Å². The van der Waals surface area contributed by atoms with Crippen molar-refractivity contribution in [3.05, 3.63) is 53.4 Å². The third kappa shape index (κ3) is 3.42. The summed E-state index contributed by atoms with van der Waals surface area (Å²) in [5.41, 5.74) is 0.860. The van der Waals surface area contributed by atoms with Crippen molar-refractivity contribution >= 4 is 11.8 Å². The summed E-state index contributed by atoms with van der Waals surface area (Å²) in [6.45, 7) is 2.82. The Morgan fingerprint density at radius 1 is 1.38 bits per heavy atom. The average Bonchev–Trinajstić information content (AvgIpc) is 2.95. The third-order valence-electron chi connectivity index (χ3n) is 6.16. The highest BCUT2D eigenvalue weighted by molar-refractivity contribution is 5.92. The second-order valence-corrected chi connectivity index (χ2v) is 7.86. The molecule has 0 radical (unpaired) electrons. The summed E-state index contributed by atoms with van der Waals surface area (Å²) >= 11 is 0. The van der Waals surface area contributed by atoms with Gasteiger partial charge in [0.2, 0.25) is 5.91 Å². The molecular weight excluding hydrogens is 374 g/mol. The Morgan fingerprint density at radius 2 is 2.14 bits per heavy atom. The smallest absolute Gasteiger partial charge is 0.273 e. The van der Waals surface area contributed by atoms with Gasteiger partial charge in [0.1, 0.15) is 12.4 Å². The molecule has 1 spiro atoms. The molecule has 2 amide bonds. The zero-order valence-corrected chi connectivity index (χ0v) is 16.5. The molecule has 1 aromatic carbocycles. The molecule has 2 aliphatic rings. The van der Waals surface area contributed by atoms with Crippen LogP contribution in [0.4, 0.5) is 0 Å². The predicted molar refractivity (Wildman–Crippen MR) is 103 cm³/mol. The van der Waals surface area contributed by atoms with E-state index in [0.717, 1.165) is 5.56 Å². The molecule has 1 aliphatic carbocycles. The number of hydrogen-bond donors (Lipinski definition) is 2. The lowest BCUT2D eigenvalue weighted by atomic mass is 9.95. The van der Waals surface area contributed by atoms with Crippen molar-refractivity contribution in [3.63, 3.8) is 0 Å². The van der Waals surface area contributed by atoms with E-state index in [1.807, 2.05) is 30.3 Å². The maximum Gasteiger partial charge on any atom is 0.273 e. The summed E-state index contributed by atoms with van der Waals surface area (Å²) in [7, 11) is 1.48. The lowest BCUT2D eigenvalue weighted by Gasteiger charge is -2.16. The van der Waals surface area contributed by atoms with Gasteiger partial charge in [0.05, 0.1) is 6.10 Å². The van der Waals surface area contributed by atoms with Gasteiger partial charge in [0.25, 0.3) is 5.91 Å². The van der Waals surface area contributed by atoms with Crippen molar-refractivity contribution < 1.29 is 24.0 Å². The molecule has 1 saturated carbocycles. The summed E-state index contributed by atoms with van der Waals surface area (Å²) in [6, 6.07) is 11.5. The number of methoxy groups -OCH3 is 1. The first-order valence-electron chi connectivity index (χ1n) is 9.68. The molecule has 2 fully saturated rings. The van der Waals surface area contributed by atoms with Gasteiger partial charge in [-0.2, -0.15) is 0 Å². The second-order valence-electron chi connectivity index (χ2n) is 7.86. The number of carbonyl (C=O) groups excluding carboxylic acids is 2. The molecule has 2 aromatic rings. The lowest BCUT2D eigenvalue weighted by molar-refractivity contribution is -0.134. The minimum absolute atomic E-state index is 0.00822. The maximum atomic E-state index is 12.4. The van der Waals surface area contributed by atoms with Crippen LogP contribution in [0.15, 0.2) is 40.9 Å². The van der Waals surface area contributed by atoms with E-state index in [1.54, 1.807) is 17.9 Å². The fourth-order valence-corrected chi connectivity index (χ4v) is 4.77. The minimum atomic E-state index is -0.662. The first-order chi connectivity index (χ1) is 14.0. The number of ether oxygens (including phenoxy) is 1. The largest absolute Gasteiger partial charge is 0.391 e. The number of benzene rings is 1. The van der Waals surface area contributed by atoms with Gasteiger partial charge in [-0.05, 0) is 24.3 Å². The average molecular weight is 399 g/mol. The number of aliphatic hydroxyl groups is 1. The van der Waals surface area contributed by atoms with Crippen LogP contribution in [0.2, 0.25) is 0 Å². The quantitative estimate of drug-likeness (QED) is 0.750. The van der Waals surface area contributed by atoms with E-state index in [9.17, 15) is 14.7 Å². The Hall–Kier alpha value is -2.71. The molecule has 2 N–H and O–H groups in total. The highest BCUT2D eigenvalue weighted by atomic mass is 16.5. The topological polar surface area (TPSA) is 105 Å². The Kier molecular flexibility index (Phi) is 5.14. The molecule has 4 atom stereocenters. The summed E-state index contributed by atoms with van der Waals surface area (Å²) in [4.78, 5) is 26.4. The number of rotatable bonds is 6. The van der Waals surface area contributed by atoms with Gasteiger partial charge in [-0.3, -0.25) is 9.59 Å². The first kappa shape index (κ1) is 19.6. The number of nitrogens with one attached hydrogen (secondary N) is 1. The van der Waals surface area contributed by atoms with E-state index in [0.29, 0.717) is 18.8 Å². The number of hydrogen-bond acceptors (Lipinski definition) is 6. The molecule has 154 valence electrons. The van der Waals surface area contributed by atoms with Gasteiger partial charge in [-0.1, -0.05) is 35.5 Å². The Balaban J connectivity index is 1.53. The molecule has 1 aromatic heterocycles. The first-order valence-corrected chi connectivity index (χ1v) is 9.68. The van der Waals surface area contributed by atoms with E-state index in [2.05, 4.69) is 10.5 Å². The maximum absolute atomic E-state index is 12.4. The van der Waals surface area contributed by atoms with Crippen LogP contribution in [0.1, 0.15) is 27.7 Å². The Morgan fingerprint density at radius 3 is 2.79 bits per heavy atom.